The van der Waals surface area contributed by atoms with Crippen molar-refractivity contribution in [2.75, 3.05) is 11.4 Å². The van der Waals surface area contributed by atoms with Crippen molar-refractivity contribution < 1.29 is 33.9 Å². The number of rotatable bonds is 13. The highest BCUT2D eigenvalue weighted by Crippen LogP contribution is 2.33. The minimum Gasteiger partial charge on any atom is -0.502 e. The first-order valence-electron chi connectivity index (χ1n) is 14.6. The van der Waals surface area contributed by atoms with Crippen molar-refractivity contribution >= 4 is 35.1 Å². The summed E-state index contributed by atoms with van der Waals surface area (Å²) in [5.41, 5.74) is 1.47. The van der Waals surface area contributed by atoms with Gasteiger partial charge in [-0.3, -0.25) is 38.9 Å². The SMILES string of the molecule is CC(C)C(=O)OC(Cc1cn(CCNC(=O)Cc2ccc(N3C(=O)CC(C(C)C)C3=O)cc2)nn1)c1ccc(O)c([N+](=O)[O-])c1. The Morgan fingerprint density at radius 1 is 1.13 bits per heavy atom. The molecule has 3 amide bonds. The third-order valence-corrected chi connectivity index (χ3v) is 7.49. The average Bonchev–Trinajstić information content (AvgIpc) is 3.55. The van der Waals surface area contributed by atoms with Gasteiger partial charge in [0.2, 0.25) is 17.7 Å². The van der Waals surface area contributed by atoms with Crippen molar-refractivity contribution in [3.63, 3.8) is 0 Å². The first kappa shape index (κ1) is 32.8. The maximum Gasteiger partial charge on any atom is 0.311 e. The van der Waals surface area contributed by atoms with Crippen molar-refractivity contribution in [1.29, 1.82) is 0 Å². The van der Waals surface area contributed by atoms with Crippen LogP contribution < -0.4 is 10.2 Å². The second kappa shape index (κ2) is 14.1. The number of anilines is 1. The smallest absolute Gasteiger partial charge is 0.311 e. The van der Waals surface area contributed by atoms with Crippen LogP contribution in [0.5, 0.6) is 5.75 Å². The lowest BCUT2D eigenvalue weighted by molar-refractivity contribution is -0.386. The number of phenolic OH excluding ortho intramolecular Hbond substituents is 1. The van der Waals surface area contributed by atoms with Crippen molar-refractivity contribution in [3.05, 3.63) is 75.6 Å². The fraction of sp³-hybridized carbons (Fsp3) is 0.419. The molecule has 0 bridgehead atoms. The predicted octanol–water partition coefficient (Wildman–Crippen LogP) is 3.27. The lowest BCUT2D eigenvalue weighted by atomic mass is 9.94. The quantitative estimate of drug-likeness (QED) is 0.124. The molecule has 1 aliphatic heterocycles. The number of hydrogen-bond acceptors (Lipinski definition) is 10. The van der Waals surface area contributed by atoms with Crippen LogP contribution in [0.1, 0.15) is 57.0 Å². The number of nitrogens with one attached hydrogen (secondary N) is 1. The van der Waals surface area contributed by atoms with E-state index in [1.165, 1.54) is 21.7 Å². The largest absolute Gasteiger partial charge is 0.502 e. The number of ether oxygens (including phenoxy) is 1. The second-order valence-electron chi connectivity index (χ2n) is 11.6. The minimum absolute atomic E-state index is 0.0709. The molecular weight excluding hydrogens is 584 g/mol. The van der Waals surface area contributed by atoms with Gasteiger partial charge in [-0.15, -0.1) is 5.10 Å². The Kier molecular flexibility index (Phi) is 10.3. The van der Waals surface area contributed by atoms with Crippen LogP contribution in [0.4, 0.5) is 11.4 Å². The van der Waals surface area contributed by atoms with Gasteiger partial charge in [0.05, 0.1) is 41.1 Å². The highest BCUT2D eigenvalue weighted by molar-refractivity contribution is 6.21. The number of aromatic hydroxyl groups is 1. The van der Waals surface area contributed by atoms with E-state index in [-0.39, 0.29) is 55.4 Å². The van der Waals surface area contributed by atoms with Gasteiger partial charge in [0.1, 0.15) is 6.10 Å². The number of nitro groups is 1. The van der Waals surface area contributed by atoms with Gasteiger partial charge >= 0.3 is 11.7 Å². The number of esters is 1. The molecule has 4 rings (SSSR count). The van der Waals surface area contributed by atoms with Gasteiger partial charge in [0, 0.05) is 31.6 Å². The van der Waals surface area contributed by atoms with Gasteiger partial charge in [-0.1, -0.05) is 51.1 Å². The molecule has 0 saturated carbocycles. The lowest BCUT2D eigenvalue weighted by Gasteiger charge is -2.18. The highest BCUT2D eigenvalue weighted by atomic mass is 16.6. The number of imide groups is 1. The standard InChI is InChI=1S/C31H36N6O8/c1-18(2)24-16-29(40)36(30(24)41)23-8-5-20(6-9-23)13-28(39)32-11-12-35-17-22(33-34-35)15-27(45-31(42)19(3)4)21-7-10-26(38)25(14-21)37(43)44/h5-10,14,17-19,24,27,38H,11-13,15-16H2,1-4H3,(H,32,39). The lowest BCUT2D eigenvalue weighted by Crippen LogP contribution is -2.31. The second-order valence-corrected chi connectivity index (χ2v) is 11.6. The first-order valence-corrected chi connectivity index (χ1v) is 14.6. The van der Waals surface area contributed by atoms with Crippen molar-refractivity contribution in [1.82, 2.24) is 20.3 Å². The van der Waals surface area contributed by atoms with Crippen molar-refractivity contribution in [3.8, 4) is 5.75 Å². The third kappa shape index (κ3) is 8.08. The Morgan fingerprint density at radius 3 is 2.47 bits per heavy atom. The van der Waals surface area contributed by atoms with Gasteiger partial charge in [0.25, 0.3) is 0 Å². The summed E-state index contributed by atoms with van der Waals surface area (Å²) in [6.07, 6.45) is 1.09. The molecule has 2 atom stereocenters. The summed E-state index contributed by atoms with van der Waals surface area (Å²) < 4.78 is 7.12. The fourth-order valence-corrected chi connectivity index (χ4v) is 4.89. The van der Waals surface area contributed by atoms with E-state index in [1.54, 1.807) is 44.3 Å². The highest BCUT2D eigenvalue weighted by Gasteiger charge is 2.40. The molecule has 2 aromatic carbocycles. The molecule has 238 valence electrons. The Labute approximate surface area is 259 Å². The predicted molar refractivity (Wildman–Crippen MR) is 161 cm³/mol. The summed E-state index contributed by atoms with van der Waals surface area (Å²) in [6, 6.07) is 10.5. The molecule has 1 aliphatic rings. The van der Waals surface area contributed by atoms with E-state index in [1.807, 2.05) is 13.8 Å². The Hall–Kier alpha value is -5.14. The topological polar surface area (TPSA) is 187 Å². The van der Waals surface area contributed by atoms with Crippen LogP contribution in [0.25, 0.3) is 0 Å². The summed E-state index contributed by atoms with van der Waals surface area (Å²) in [5, 5.41) is 32.1. The van der Waals surface area contributed by atoms with Crippen LogP contribution >= 0.6 is 0 Å². The summed E-state index contributed by atoms with van der Waals surface area (Å²) in [5.74, 6) is -2.35. The van der Waals surface area contributed by atoms with E-state index < -0.39 is 34.4 Å². The van der Waals surface area contributed by atoms with Crippen molar-refractivity contribution in [2.45, 2.75) is 59.6 Å². The first-order chi connectivity index (χ1) is 21.3. The normalized spacial score (nSPS) is 15.5. The number of amides is 3. The summed E-state index contributed by atoms with van der Waals surface area (Å²) in [4.78, 5) is 61.8. The molecule has 14 nitrogen and oxygen atoms in total. The number of carbonyl (C=O) groups is 4. The molecule has 0 aliphatic carbocycles. The van der Waals surface area contributed by atoms with Crippen LogP contribution in [-0.2, 0) is 43.3 Å². The van der Waals surface area contributed by atoms with Gasteiger partial charge in [-0.2, -0.15) is 0 Å². The van der Waals surface area contributed by atoms with Crippen LogP contribution in [0.2, 0.25) is 0 Å². The molecule has 1 fully saturated rings. The molecule has 2 unspecified atom stereocenters. The van der Waals surface area contributed by atoms with E-state index in [0.717, 1.165) is 11.6 Å². The molecule has 2 heterocycles. The minimum atomic E-state index is -0.909. The van der Waals surface area contributed by atoms with E-state index in [0.29, 0.717) is 23.5 Å². The zero-order chi connectivity index (χ0) is 32.8. The fourth-order valence-electron chi connectivity index (χ4n) is 4.89. The van der Waals surface area contributed by atoms with E-state index in [2.05, 4.69) is 15.6 Å². The number of phenols is 1. The van der Waals surface area contributed by atoms with Gasteiger partial charge in [-0.05, 0) is 35.2 Å². The van der Waals surface area contributed by atoms with Gasteiger partial charge < -0.3 is 15.2 Å². The molecule has 14 heteroatoms. The van der Waals surface area contributed by atoms with Gasteiger partial charge in [-0.25, -0.2) is 0 Å². The average molecular weight is 621 g/mol. The Morgan fingerprint density at radius 2 is 1.84 bits per heavy atom. The Balaban J connectivity index is 1.31. The van der Waals surface area contributed by atoms with Crippen LogP contribution in [0, 0.1) is 27.9 Å². The number of benzene rings is 2. The summed E-state index contributed by atoms with van der Waals surface area (Å²) in [7, 11) is 0. The van der Waals surface area contributed by atoms with Crippen molar-refractivity contribution in [2.24, 2.45) is 17.8 Å². The number of nitro benzene ring substituents is 1. The molecule has 2 N–H and O–H groups in total. The molecule has 3 aromatic rings. The van der Waals surface area contributed by atoms with Gasteiger partial charge in [0.15, 0.2) is 5.75 Å². The summed E-state index contributed by atoms with van der Waals surface area (Å²) in [6.45, 7) is 7.72. The number of carbonyl (C=O) groups excluding carboxylic acids is 4. The zero-order valence-electron chi connectivity index (χ0n) is 25.5. The van der Waals surface area contributed by atoms with E-state index >= 15 is 0 Å². The number of nitrogens with zero attached hydrogens (tertiary/aromatic N) is 5. The molecule has 1 aromatic heterocycles. The van der Waals surface area contributed by atoms with Crippen LogP contribution in [-0.4, -0.2) is 55.3 Å². The monoisotopic (exact) mass is 620 g/mol. The summed E-state index contributed by atoms with van der Waals surface area (Å²) >= 11 is 0. The third-order valence-electron chi connectivity index (χ3n) is 7.49. The number of hydrogen-bond donors (Lipinski definition) is 2. The van der Waals surface area contributed by atoms with Crippen LogP contribution in [0.3, 0.4) is 0 Å². The molecule has 45 heavy (non-hydrogen) atoms. The maximum absolute atomic E-state index is 12.7. The van der Waals surface area contributed by atoms with E-state index in [9.17, 15) is 34.4 Å². The molecular formula is C31H36N6O8. The zero-order valence-corrected chi connectivity index (χ0v) is 25.5. The molecule has 1 saturated heterocycles. The maximum atomic E-state index is 12.7. The molecule has 0 spiro atoms. The Bertz CT molecular complexity index is 1580. The molecule has 0 radical (unpaired) electrons. The van der Waals surface area contributed by atoms with Crippen LogP contribution in [0.15, 0.2) is 48.7 Å². The van der Waals surface area contributed by atoms with E-state index in [4.69, 9.17) is 4.74 Å². The number of aromatic nitrogens is 3.